The molecule has 0 spiro atoms. The van der Waals surface area contributed by atoms with E-state index in [-0.39, 0.29) is 30.2 Å². The van der Waals surface area contributed by atoms with Crippen LogP contribution in [0.4, 0.5) is 9.59 Å². The molecular formula is C16H27N3O3. The monoisotopic (exact) mass is 309 g/mol. The number of nitrogens with one attached hydrogen (secondary N) is 1. The lowest BCUT2D eigenvalue weighted by molar-refractivity contribution is 0.00500. The van der Waals surface area contributed by atoms with Crippen molar-refractivity contribution >= 4 is 12.1 Å². The Labute approximate surface area is 132 Å². The zero-order chi connectivity index (χ0) is 15.9. The van der Waals surface area contributed by atoms with Crippen molar-refractivity contribution in [2.24, 2.45) is 0 Å². The second-order valence-corrected chi connectivity index (χ2v) is 7.73. The molecule has 3 heterocycles. The average Bonchev–Trinajstić information content (AvgIpc) is 2.57. The molecule has 0 unspecified atom stereocenters. The van der Waals surface area contributed by atoms with Crippen LogP contribution in [0.5, 0.6) is 0 Å². The standard InChI is InChI=1S/C16H27N3O3/c1-16(2,3)22-15(21)19-12-5-6-13(19)10-11(9-12)17-14(20)18-7-4-8-18/h11-13H,4-10H2,1-3H3,(H,17,20)/t12-,13-/m0/s1. The molecule has 0 saturated carbocycles. The molecule has 22 heavy (non-hydrogen) atoms. The van der Waals surface area contributed by atoms with Crippen LogP contribution in [0.3, 0.4) is 0 Å². The van der Waals surface area contributed by atoms with E-state index in [9.17, 15) is 9.59 Å². The van der Waals surface area contributed by atoms with Crippen LogP contribution in [-0.2, 0) is 4.74 Å². The van der Waals surface area contributed by atoms with Crippen molar-refractivity contribution in [3.63, 3.8) is 0 Å². The van der Waals surface area contributed by atoms with Gasteiger partial charge in [-0.3, -0.25) is 0 Å². The molecule has 6 nitrogen and oxygen atoms in total. The molecule has 0 aromatic rings. The second-order valence-electron chi connectivity index (χ2n) is 7.73. The van der Waals surface area contributed by atoms with Crippen LogP contribution in [-0.4, -0.2) is 58.7 Å². The summed E-state index contributed by atoms with van der Waals surface area (Å²) in [6.07, 6.45) is 4.62. The number of hydrogen-bond acceptors (Lipinski definition) is 3. The Morgan fingerprint density at radius 2 is 1.68 bits per heavy atom. The van der Waals surface area contributed by atoms with Crippen LogP contribution in [0.1, 0.15) is 52.9 Å². The first-order chi connectivity index (χ1) is 10.3. The minimum absolute atomic E-state index is 0.0568. The van der Waals surface area contributed by atoms with Gasteiger partial charge in [0.05, 0.1) is 0 Å². The fourth-order valence-electron chi connectivity index (χ4n) is 3.69. The predicted molar refractivity (Wildman–Crippen MR) is 82.6 cm³/mol. The lowest BCUT2D eigenvalue weighted by Crippen LogP contribution is -2.56. The van der Waals surface area contributed by atoms with Crippen LogP contribution in [0, 0.1) is 0 Å². The highest BCUT2D eigenvalue weighted by Gasteiger charge is 2.45. The number of rotatable bonds is 1. The van der Waals surface area contributed by atoms with Gasteiger partial charge in [0.15, 0.2) is 0 Å². The first kappa shape index (κ1) is 15.4. The number of urea groups is 1. The molecule has 2 bridgehead atoms. The summed E-state index contributed by atoms with van der Waals surface area (Å²) in [5.41, 5.74) is -0.459. The summed E-state index contributed by atoms with van der Waals surface area (Å²) in [5.74, 6) is 0. The number of amides is 3. The maximum Gasteiger partial charge on any atom is 0.410 e. The Morgan fingerprint density at radius 3 is 2.14 bits per heavy atom. The van der Waals surface area contributed by atoms with E-state index in [1.807, 2.05) is 30.6 Å². The zero-order valence-electron chi connectivity index (χ0n) is 13.8. The van der Waals surface area contributed by atoms with E-state index in [1.54, 1.807) is 0 Å². The molecule has 3 aliphatic heterocycles. The van der Waals surface area contributed by atoms with Crippen molar-refractivity contribution in [3.05, 3.63) is 0 Å². The molecule has 1 N–H and O–H groups in total. The van der Waals surface area contributed by atoms with Crippen LogP contribution >= 0.6 is 0 Å². The molecular weight excluding hydrogens is 282 g/mol. The zero-order valence-corrected chi connectivity index (χ0v) is 13.8. The summed E-state index contributed by atoms with van der Waals surface area (Å²) in [6.45, 7) is 7.43. The molecule has 6 heteroatoms. The van der Waals surface area contributed by atoms with Gasteiger partial charge < -0.3 is 19.9 Å². The maximum absolute atomic E-state index is 12.4. The Kier molecular flexibility index (Phi) is 3.95. The van der Waals surface area contributed by atoms with Gasteiger partial charge in [0, 0.05) is 31.2 Å². The molecule has 0 aromatic heterocycles. The normalized spacial score (nSPS) is 30.8. The molecule has 2 atom stereocenters. The second kappa shape index (κ2) is 5.63. The van der Waals surface area contributed by atoms with E-state index in [0.29, 0.717) is 0 Å². The van der Waals surface area contributed by atoms with Gasteiger partial charge in [0.25, 0.3) is 0 Å². The van der Waals surface area contributed by atoms with E-state index in [4.69, 9.17) is 4.74 Å². The van der Waals surface area contributed by atoms with Crippen molar-refractivity contribution in [2.45, 2.75) is 76.6 Å². The highest BCUT2D eigenvalue weighted by molar-refractivity contribution is 5.75. The fraction of sp³-hybridized carbons (Fsp3) is 0.875. The van der Waals surface area contributed by atoms with Gasteiger partial charge in [-0.05, 0) is 52.9 Å². The third-order valence-electron chi connectivity index (χ3n) is 4.81. The Morgan fingerprint density at radius 1 is 1.09 bits per heavy atom. The van der Waals surface area contributed by atoms with E-state index in [0.717, 1.165) is 45.2 Å². The lowest BCUT2D eigenvalue weighted by Gasteiger charge is -2.40. The third-order valence-corrected chi connectivity index (χ3v) is 4.81. The predicted octanol–water partition coefficient (Wildman–Crippen LogP) is 2.33. The van der Waals surface area contributed by atoms with Gasteiger partial charge in [-0.15, -0.1) is 0 Å². The number of carbonyl (C=O) groups excluding carboxylic acids is 2. The molecule has 3 fully saturated rings. The van der Waals surface area contributed by atoms with Crippen LogP contribution in [0.25, 0.3) is 0 Å². The number of carbonyl (C=O) groups is 2. The van der Waals surface area contributed by atoms with E-state index < -0.39 is 5.60 Å². The van der Waals surface area contributed by atoms with Gasteiger partial charge in [-0.1, -0.05) is 0 Å². The van der Waals surface area contributed by atoms with Gasteiger partial charge in [0.1, 0.15) is 5.60 Å². The van der Waals surface area contributed by atoms with Gasteiger partial charge in [-0.25, -0.2) is 9.59 Å². The highest BCUT2D eigenvalue weighted by Crippen LogP contribution is 2.36. The number of hydrogen-bond donors (Lipinski definition) is 1. The largest absolute Gasteiger partial charge is 0.444 e. The lowest BCUT2D eigenvalue weighted by atomic mass is 9.98. The van der Waals surface area contributed by atoms with Crippen molar-refractivity contribution in [1.82, 2.24) is 15.1 Å². The fourth-order valence-corrected chi connectivity index (χ4v) is 3.69. The molecule has 3 amide bonds. The first-order valence-electron chi connectivity index (χ1n) is 8.40. The number of ether oxygens (including phenoxy) is 1. The topological polar surface area (TPSA) is 61.9 Å². The Hall–Kier alpha value is -1.46. The summed E-state index contributed by atoms with van der Waals surface area (Å²) in [4.78, 5) is 28.2. The highest BCUT2D eigenvalue weighted by atomic mass is 16.6. The van der Waals surface area contributed by atoms with Gasteiger partial charge in [0.2, 0.25) is 0 Å². The van der Waals surface area contributed by atoms with E-state index in [1.165, 1.54) is 0 Å². The number of nitrogens with zero attached hydrogens (tertiary/aromatic N) is 2. The van der Waals surface area contributed by atoms with Crippen molar-refractivity contribution in [1.29, 1.82) is 0 Å². The number of likely N-dealkylation sites (tertiary alicyclic amines) is 1. The van der Waals surface area contributed by atoms with Gasteiger partial charge in [-0.2, -0.15) is 0 Å². The quantitative estimate of drug-likeness (QED) is 0.808. The number of fused-ring (bicyclic) bond motifs is 2. The Balaban J connectivity index is 1.56. The Bertz CT molecular complexity index is 442. The first-order valence-corrected chi connectivity index (χ1v) is 8.40. The van der Waals surface area contributed by atoms with Crippen molar-refractivity contribution in [3.8, 4) is 0 Å². The average molecular weight is 309 g/mol. The van der Waals surface area contributed by atoms with Gasteiger partial charge >= 0.3 is 12.1 Å². The number of piperidine rings is 1. The SMILES string of the molecule is CC(C)(C)OC(=O)N1[C@H]2CC[C@H]1CC(NC(=O)N1CCC1)C2. The molecule has 3 aliphatic rings. The summed E-state index contributed by atoms with van der Waals surface area (Å²) < 4.78 is 5.53. The summed E-state index contributed by atoms with van der Waals surface area (Å²) >= 11 is 0. The molecule has 3 rings (SSSR count). The van der Waals surface area contributed by atoms with E-state index >= 15 is 0 Å². The molecule has 0 radical (unpaired) electrons. The summed E-state index contributed by atoms with van der Waals surface area (Å²) in [7, 11) is 0. The summed E-state index contributed by atoms with van der Waals surface area (Å²) in [5, 5.41) is 3.14. The molecule has 0 aromatic carbocycles. The van der Waals surface area contributed by atoms with Crippen molar-refractivity contribution in [2.75, 3.05) is 13.1 Å². The molecule has 0 aliphatic carbocycles. The van der Waals surface area contributed by atoms with Crippen LogP contribution in [0.15, 0.2) is 0 Å². The smallest absolute Gasteiger partial charge is 0.410 e. The van der Waals surface area contributed by atoms with E-state index in [2.05, 4.69) is 5.32 Å². The molecule has 124 valence electrons. The van der Waals surface area contributed by atoms with Crippen LogP contribution < -0.4 is 5.32 Å². The summed E-state index contributed by atoms with van der Waals surface area (Å²) in [6, 6.07) is 0.649. The molecule has 3 saturated heterocycles. The minimum Gasteiger partial charge on any atom is -0.444 e. The van der Waals surface area contributed by atoms with Crippen molar-refractivity contribution < 1.29 is 14.3 Å². The third kappa shape index (κ3) is 3.15. The minimum atomic E-state index is -0.459. The maximum atomic E-state index is 12.4. The van der Waals surface area contributed by atoms with Crippen LogP contribution in [0.2, 0.25) is 0 Å².